The van der Waals surface area contributed by atoms with Crippen molar-refractivity contribution in [1.29, 1.82) is 0 Å². The van der Waals surface area contributed by atoms with Crippen LogP contribution in [-0.2, 0) is 0 Å². The van der Waals surface area contributed by atoms with Crippen LogP contribution in [-0.4, -0.2) is 54.8 Å². The summed E-state index contributed by atoms with van der Waals surface area (Å²) in [5.74, 6) is 3.23. The Labute approximate surface area is 379 Å². The third kappa shape index (κ3) is 23.0. The molecule has 0 aliphatic rings. The summed E-state index contributed by atoms with van der Waals surface area (Å²) >= 11 is 0. The zero-order chi connectivity index (χ0) is 48.0. The summed E-state index contributed by atoms with van der Waals surface area (Å²) in [4.78, 5) is 45.0. The molecule has 11 nitrogen and oxygen atoms in total. The molecular weight excluding hydrogens is 779 g/mol. The summed E-state index contributed by atoms with van der Waals surface area (Å²) in [7, 11) is 0. The Morgan fingerprint density at radius 3 is 0.921 bits per heavy atom. The summed E-state index contributed by atoms with van der Waals surface area (Å²) in [6, 6.07) is 12.3. The van der Waals surface area contributed by atoms with Crippen LogP contribution in [0.15, 0.2) is 61.3 Å². The summed E-state index contributed by atoms with van der Waals surface area (Å²) in [6.45, 7) is 42.2. The lowest BCUT2D eigenvalue weighted by Crippen LogP contribution is -1.97. The van der Waals surface area contributed by atoms with Crippen molar-refractivity contribution >= 4 is 0 Å². The van der Waals surface area contributed by atoms with Crippen molar-refractivity contribution in [3.63, 3.8) is 0 Å². The van der Waals surface area contributed by atoms with Gasteiger partial charge in [0, 0.05) is 69.8 Å². The van der Waals surface area contributed by atoms with Gasteiger partial charge in [-0.1, -0.05) is 0 Å². The molecule has 0 saturated heterocycles. The van der Waals surface area contributed by atoms with Gasteiger partial charge in [-0.05, 0) is 226 Å². The molecule has 0 saturated carbocycles. The molecule has 0 spiro atoms. The lowest BCUT2D eigenvalue weighted by atomic mass is 10.1. The highest BCUT2D eigenvalue weighted by Gasteiger charge is 1.97. The van der Waals surface area contributed by atoms with Crippen LogP contribution < -0.4 is 0 Å². The minimum absolute atomic E-state index is 0.792. The highest BCUT2D eigenvalue weighted by molar-refractivity contribution is 5.28. The Kier molecular flexibility index (Phi) is 24.1. The maximum Gasteiger partial charge on any atom is 0.129 e. The second-order valence-corrected chi connectivity index (χ2v) is 15.9. The van der Waals surface area contributed by atoms with Gasteiger partial charge in [0.15, 0.2) is 0 Å². The molecule has 7 aromatic heterocycles. The van der Waals surface area contributed by atoms with E-state index in [1.165, 1.54) is 44.5 Å². The Morgan fingerprint density at radius 2 is 0.635 bits per heavy atom. The quantitative estimate of drug-likeness (QED) is 0.144. The van der Waals surface area contributed by atoms with Gasteiger partial charge in [0.25, 0.3) is 0 Å². The lowest BCUT2D eigenvalue weighted by Gasteiger charge is -1.99. The lowest BCUT2D eigenvalue weighted by molar-refractivity contribution is 0.875. The van der Waals surface area contributed by atoms with E-state index in [2.05, 4.69) is 128 Å². The van der Waals surface area contributed by atoms with Gasteiger partial charge < -0.3 is 0 Å². The maximum absolute atomic E-state index is 4.23. The largest absolute Gasteiger partial charge is 0.264 e. The Bertz CT molecular complexity index is 1920. The monoisotopic (exact) mass is 852 g/mol. The van der Waals surface area contributed by atoms with Gasteiger partial charge in [-0.15, -0.1) is 0 Å². The highest BCUT2D eigenvalue weighted by atomic mass is 15.0. The number of aryl methyl sites for hydroxylation is 18. The third-order valence-corrected chi connectivity index (χ3v) is 9.55. The number of hydrogen-bond donors (Lipinski definition) is 0. The van der Waals surface area contributed by atoms with Crippen molar-refractivity contribution in [3.05, 3.63) is 180 Å². The van der Waals surface area contributed by atoms with Gasteiger partial charge >= 0.3 is 0 Å². The van der Waals surface area contributed by atoms with Crippen LogP contribution in [0.1, 0.15) is 119 Å². The van der Waals surface area contributed by atoms with E-state index in [0.29, 0.717) is 0 Å². The van der Waals surface area contributed by atoms with Crippen LogP contribution in [0.3, 0.4) is 0 Å². The van der Waals surface area contributed by atoms with Gasteiger partial charge in [-0.3, -0.25) is 19.9 Å². The van der Waals surface area contributed by atoms with E-state index in [9.17, 15) is 0 Å². The van der Waals surface area contributed by atoms with Gasteiger partial charge in [0.2, 0.25) is 0 Å². The summed E-state index contributed by atoms with van der Waals surface area (Å²) < 4.78 is 0. The molecule has 0 radical (unpaired) electrons. The molecule has 0 N–H and O–H groups in total. The van der Waals surface area contributed by atoms with Crippen molar-refractivity contribution in [2.24, 2.45) is 0 Å². The fourth-order valence-corrected chi connectivity index (χ4v) is 5.96. The van der Waals surface area contributed by atoms with Crippen LogP contribution in [0.25, 0.3) is 0 Å². The number of pyridine rings is 4. The molecule has 7 heterocycles. The average Bonchev–Trinajstić information content (AvgIpc) is 3.14. The molecule has 0 fully saturated rings. The molecule has 63 heavy (non-hydrogen) atoms. The molecule has 0 amide bonds. The topological polar surface area (TPSA) is 142 Å². The third-order valence-electron chi connectivity index (χ3n) is 9.55. The molecule has 0 aliphatic heterocycles. The zero-order valence-corrected chi connectivity index (χ0v) is 42.2. The number of nitrogens with zero attached hydrogens (tertiary/aromatic N) is 11. The van der Waals surface area contributed by atoms with Gasteiger partial charge in [-0.2, -0.15) is 0 Å². The predicted octanol–water partition coefficient (Wildman–Crippen LogP) is 11.6. The Hall–Kier alpha value is -6.23. The van der Waals surface area contributed by atoms with Gasteiger partial charge in [0.05, 0.1) is 0 Å². The van der Waals surface area contributed by atoms with E-state index in [4.69, 9.17) is 0 Å². The molecule has 11 heteroatoms. The van der Waals surface area contributed by atoms with Crippen molar-refractivity contribution in [2.45, 2.75) is 145 Å². The van der Waals surface area contributed by atoms with Crippen molar-refractivity contribution in [3.8, 4) is 0 Å². The first kappa shape index (κ1) is 54.8. The van der Waals surface area contributed by atoms with E-state index in [-0.39, 0.29) is 0 Å². The van der Waals surface area contributed by atoms with Crippen molar-refractivity contribution < 1.29 is 0 Å². The molecule has 7 rings (SSSR count). The normalized spacial score (nSPS) is 9.67. The molecule has 0 aliphatic carbocycles. The average molecular weight is 852 g/mol. The first-order valence-electron chi connectivity index (χ1n) is 21.2. The second-order valence-electron chi connectivity index (χ2n) is 15.9. The minimum Gasteiger partial charge on any atom is -0.264 e. The predicted molar refractivity (Wildman–Crippen MR) is 260 cm³/mol. The molecule has 0 aromatic carbocycles. The second kappa shape index (κ2) is 27.7. The zero-order valence-electron chi connectivity index (χ0n) is 42.2. The van der Waals surface area contributed by atoms with E-state index in [1.54, 1.807) is 6.33 Å². The first-order valence-corrected chi connectivity index (χ1v) is 21.2. The van der Waals surface area contributed by atoms with Gasteiger partial charge in [-0.25, -0.2) is 34.9 Å². The smallest absolute Gasteiger partial charge is 0.129 e. The van der Waals surface area contributed by atoms with Crippen LogP contribution in [0.5, 0.6) is 0 Å². The van der Waals surface area contributed by atoms with E-state index in [0.717, 1.165) is 74.5 Å². The minimum atomic E-state index is 0.792. The van der Waals surface area contributed by atoms with Crippen LogP contribution in [0.4, 0.5) is 0 Å². The maximum atomic E-state index is 4.23. The Morgan fingerprint density at radius 1 is 0.302 bits per heavy atom. The van der Waals surface area contributed by atoms with Crippen LogP contribution in [0.2, 0.25) is 0 Å². The van der Waals surface area contributed by atoms with Crippen LogP contribution in [0, 0.1) is 145 Å². The molecule has 0 unspecified atom stereocenters. The molecule has 0 bridgehead atoms. The molecule has 336 valence electrons. The molecule has 0 atom stereocenters. The number of hydrogen-bond acceptors (Lipinski definition) is 11. The van der Waals surface area contributed by atoms with Gasteiger partial charge in [0.1, 0.15) is 29.6 Å². The summed E-state index contributed by atoms with van der Waals surface area (Å²) in [6.07, 6.45) is 7.22. The SMILES string of the molecule is Cc1cc(C)nc(C)c1.Cc1cc(C)nc(C)c1.Cc1cc(C)nc(C)n1.Cc1ccnc(C)c1C.Cc1cncc(C)c1C.Cc1nc(C)nc(C)n1.Cc1ncnc(C)c1C. The van der Waals surface area contributed by atoms with E-state index in [1.807, 2.05) is 128 Å². The standard InChI is InChI=1S/4C8H11N.2C7H10N2.C6H9N3/c1-6-4-9-5-7(2)8(6)3;2*1-6-4-7(2)9-8(3)5-6;1-6-4-5-9-8(3)7(6)2;1-5-6(2)8-4-9-7(5)3;1-5-4-6(2)9-7(3)8-5;1-4-7-5(2)9-6(3)8-4/h4*4-5H,1-3H3;2*4H,1-3H3;1-3H3. The molecular formula is C52H73N11. The molecule has 7 aromatic rings. The highest BCUT2D eigenvalue weighted by Crippen LogP contribution is 2.09. The first-order chi connectivity index (χ1) is 29.4. The summed E-state index contributed by atoms with van der Waals surface area (Å²) in [5, 5.41) is 0. The van der Waals surface area contributed by atoms with E-state index < -0.39 is 0 Å². The summed E-state index contributed by atoms with van der Waals surface area (Å²) in [5.41, 5.74) is 20.1. The fourth-order valence-electron chi connectivity index (χ4n) is 5.96. The Balaban J connectivity index is 0.000000367. The van der Waals surface area contributed by atoms with Crippen LogP contribution >= 0.6 is 0 Å². The number of rotatable bonds is 0. The van der Waals surface area contributed by atoms with Crippen molar-refractivity contribution in [2.75, 3.05) is 0 Å². The van der Waals surface area contributed by atoms with Crippen molar-refractivity contribution in [1.82, 2.24) is 54.8 Å². The van der Waals surface area contributed by atoms with E-state index >= 15 is 0 Å². The fraction of sp³-hybridized carbons (Fsp3) is 0.404. The number of aromatic nitrogens is 11.